The van der Waals surface area contributed by atoms with E-state index in [1.807, 2.05) is 18.7 Å². The van der Waals surface area contributed by atoms with Gasteiger partial charge in [-0.2, -0.15) is 0 Å². The van der Waals surface area contributed by atoms with E-state index in [0.29, 0.717) is 12.5 Å². The van der Waals surface area contributed by atoms with Crippen molar-refractivity contribution in [1.29, 1.82) is 0 Å². The second-order valence-electron chi connectivity index (χ2n) is 7.89. The maximum absolute atomic E-state index is 12.6. The van der Waals surface area contributed by atoms with Crippen molar-refractivity contribution >= 4 is 5.91 Å². The van der Waals surface area contributed by atoms with Crippen LogP contribution >= 0.6 is 0 Å². The molecule has 24 heavy (non-hydrogen) atoms. The lowest BCUT2D eigenvalue weighted by atomic mass is 9.90. The lowest BCUT2D eigenvalue weighted by Gasteiger charge is -2.37. The number of benzene rings is 1. The van der Waals surface area contributed by atoms with Crippen molar-refractivity contribution in [2.75, 3.05) is 26.2 Å². The minimum Gasteiger partial charge on any atom is -0.391 e. The van der Waals surface area contributed by atoms with E-state index in [1.54, 1.807) is 0 Å². The maximum atomic E-state index is 12.6. The van der Waals surface area contributed by atoms with Gasteiger partial charge in [0.05, 0.1) is 12.6 Å². The molecular formula is C20H30N2O2. The summed E-state index contributed by atoms with van der Waals surface area (Å²) in [6.07, 6.45) is 3.73. The van der Waals surface area contributed by atoms with Crippen molar-refractivity contribution in [3.63, 3.8) is 0 Å². The van der Waals surface area contributed by atoms with E-state index in [4.69, 9.17) is 0 Å². The van der Waals surface area contributed by atoms with E-state index in [0.717, 1.165) is 45.3 Å². The first-order chi connectivity index (χ1) is 11.5. The molecule has 2 aliphatic heterocycles. The van der Waals surface area contributed by atoms with Gasteiger partial charge < -0.3 is 10.0 Å². The maximum Gasteiger partial charge on any atom is 0.236 e. The van der Waals surface area contributed by atoms with Crippen LogP contribution in [-0.4, -0.2) is 58.6 Å². The van der Waals surface area contributed by atoms with Crippen LogP contribution in [0, 0.1) is 5.92 Å². The third-order valence-corrected chi connectivity index (χ3v) is 5.96. The summed E-state index contributed by atoms with van der Waals surface area (Å²) in [5.74, 6) is 0.900. The van der Waals surface area contributed by atoms with Gasteiger partial charge in [-0.25, -0.2) is 0 Å². The Morgan fingerprint density at radius 2 is 1.79 bits per heavy atom. The van der Waals surface area contributed by atoms with Crippen molar-refractivity contribution in [1.82, 2.24) is 9.80 Å². The fourth-order valence-electron chi connectivity index (χ4n) is 4.01. The zero-order valence-corrected chi connectivity index (χ0v) is 14.9. The normalized spacial score (nSPS) is 25.1. The largest absolute Gasteiger partial charge is 0.391 e. The van der Waals surface area contributed by atoms with Crippen LogP contribution in [-0.2, 0) is 11.2 Å². The molecule has 2 fully saturated rings. The second-order valence-corrected chi connectivity index (χ2v) is 7.89. The molecule has 0 bridgehead atoms. The van der Waals surface area contributed by atoms with E-state index >= 15 is 0 Å². The summed E-state index contributed by atoms with van der Waals surface area (Å²) in [6, 6.07) is 10.6. The highest BCUT2D eigenvalue weighted by molar-refractivity contribution is 5.78. The zero-order chi connectivity index (χ0) is 17.2. The van der Waals surface area contributed by atoms with Gasteiger partial charge in [0.2, 0.25) is 5.91 Å². The summed E-state index contributed by atoms with van der Waals surface area (Å²) in [4.78, 5) is 16.8. The number of likely N-dealkylation sites (tertiary alicyclic amines) is 2. The summed E-state index contributed by atoms with van der Waals surface area (Å²) in [5.41, 5.74) is 1.11. The monoisotopic (exact) mass is 330 g/mol. The minimum atomic E-state index is -0.332. The average Bonchev–Trinajstić information content (AvgIpc) is 2.83. The van der Waals surface area contributed by atoms with Gasteiger partial charge in [0.1, 0.15) is 0 Å². The van der Waals surface area contributed by atoms with Gasteiger partial charge in [-0.05, 0) is 51.0 Å². The molecule has 1 unspecified atom stereocenters. The number of carbonyl (C=O) groups is 1. The molecule has 4 nitrogen and oxygen atoms in total. The first-order valence-electron chi connectivity index (χ1n) is 9.21. The molecule has 0 spiro atoms. The van der Waals surface area contributed by atoms with Gasteiger partial charge in [0.25, 0.3) is 0 Å². The number of nitrogens with zero attached hydrogens (tertiary/aromatic N) is 2. The molecule has 1 atom stereocenters. The number of aliphatic hydroxyl groups excluding tert-OH is 1. The molecule has 1 aromatic carbocycles. The van der Waals surface area contributed by atoms with Crippen LogP contribution in [0.3, 0.4) is 0 Å². The van der Waals surface area contributed by atoms with E-state index in [9.17, 15) is 9.90 Å². The third-order valence-electron chi connectivity index (χ3n) is 5.96. The molecule has 0 saturated carbocycles. The molecule has 1 amide bonds. The fourth-order valence-corrected chi connectivity index (χ4v) is 4.01. The van der Waals surface area contributed by atoms with Gasteiger partial charge >= 0.3 is 0 Å². The Balaban J connectivity index is 1.47. The molecule has 0 aliphatic carbocycles. The Morgan fingerprint density at radius 3 is 2.38 bits per heavy atom. The number of amides is 1. The number of hydrogen-bond donors (Lipinski definition) is 1. The zero-order valence-electron chi connectivity index (χ0n) is 14.9. The highest BCUT2D eigenvalue weighted by Crippen LogP contribution is 2.29. The summed E-state index contributed by atoms with van der Waals surface area (Å²) < 4.78 is 0. The van der Waals surface area contributed by atoms with Crippen molar-refractivity contribution < 1.29 is 9.90 Å². The minimum absolute atomic E-state index is 0.218. The number of aliphatic hydroxyl groups is 1. The first kappa shape index (κ1) is 17.4. The van der Waals surface area contributed by atoms with Crippen LogP contribution in [0.15, 0.2) is 30.3 Å². The molecule has 2 heterocycles. The molecule has 2 saturated heterocycles. The van der Waals surface area contributed by atoms with E-state index in [2.05, 4.69) is 35.2 Å². The Hall–Kier alpha value is -1.39. The molecule has 132 valence electrons. The van der Waals surface area contributed by atoms with E-state index < -0.39 is 0 Å². The smallest absolute Gasteiger partial charge is 0.236 e. The summed E-state index contributed by atoms with van der Waals surface area (Å²) in [5, 5.41) is 10.1. The van der Waals surface area contributed by atoms with Crippen molar-refractivity contribution in [3.05, 3.63) is 35.9 Å². The Morgan fingerprint density at radius 1 is 1.12 bits per heavy atom. The van der Waals surface area contributed by atoms with Crippen LogP contribution in [0.4, 0.5) is 0 Å². The molecule has 1 aromatic rings. The highest BCUT2D eigenvalue weighted by Gasteiger charge is 2.41. The van der Waals surface area contributed by atoms with Crippen molar-refractivity contribution in [3.8, 4) is 0 Å². The van der Waals surface area contributed by atoms with Gasteiger partial charge in [-0.3, -0.25) is 9.69 Å². The average molecular weight is 330 g/mol. The van der Waals surface area contributed by atoms with Gasteiger partial charge in [0, 0.05) is 25.2 Å². The predicted molar refractivity (Wildman–Crippen MR) is 95.7 cm³/mol. The van der Waals surface area contributed by atoms with Crippen molar-refractivity contribution in [2.24, 2.45) is 5.92 Å². The standard InChI is InChI=1S/C20H30N2O2/c1-20(2)18(23)10-13-22(20)15-19(24)21-11-8-17(9-12-21)14-16-6-4-3-5-7-16/h3-7,17-18,23H,8-15H2,1-2H3. The van der Waals surface area contributed by atoms with Crippen molar-refractivity contribution in [2.45, 2.75) is 51.2 Å². The first-order valence-corrected chi connectivity index (χ1v) is 9.21. The van der Waals surface area contributed by atoms with Crippen LogP contribution in [0.5, 0.6) is 0 Å². The lowest BCUT2D eigenvalue weighted by molar-refractivity contribution is -0.135. The van der Waals surface area contributed by atoms with Gasteiger partial charge in [-0.1, -0.05) is 30.3 Å². The Bertz CT molecular complexity index is 550. The Kier molecular flexibility index (Phi) is 5.26. The highest BCUT2D eigenvalue weighted by atomic mass is 16.3. The van der Waals surface area contributed by atoms with Crippen LogP contribution in [0.25, 0.3) is 0 Å². The fraction of sp³-hybridized carbons (Fsp3) is 0.650. The SMILES string of the molecule is CC1(C)C(O)CCN1CC(=O)N1CCC(Cc2ccccc2)CC1. The molecule has 0 aromatic heterocycles. The van der Waals surface area contributed by atoms with Gasteiger partial charge in [-0.15, -0.1) is 0 Å². The summed E-state index contributed by atoms with van der Waals surface area (Å²) >= 11 is 0. The summed E-state index contributed by atoms with van der Waals surface area (Å²) in [7, 11) is 0. The van der Waals surface area contributed by atoms with Crippen LogP contribution < -0.4 is 0 Å². The Labute approximate surface area is 145 Å². The van der Waals surface area contributed by atoms with E-state index in [-0.39, 0.29) is 17.6 Å². The van der Waals surface area contributed by atoms with Crippen LogP contribution in [0.1, 0.15) is 38.7 Å². The molecule has 2 aliphatic rings. The third kappa shape index (κ3) is 3.81. The molecule has 0 radical (unpaired) electrons. The number of hydrogen-bond acceptors (Lipinski definition) is 3. The summed E-state index contributed by atoms with van der Waals surface area (Å²) in [6.45, 7) is 7.05. The second kappa shape index (κ2) is 7.24. The number of carbonyl (C=O) groups excluding carboxylic acids is 1. The number of rotatable bonds is 4. The topological polar surface area (TPSA) is 43.8 Å². The molecular weight excluding hydrogens is 300 g/mol. The van der Waals surface area contributed by atoms with Crippen LogP contribution in [0.2, 0.25) is 0 Å². The lowest BCUT2D eigenvalue weighted by Crippen LogP contribution is -2.51. The quantitative estimate of drug-likeness (QED) is 0.921. The van der Waals surface area contributed by atoms with E-state index in [1.165, 1.54) is 5.56 Å². The molecule has 4 heteroatoms. The number of piperidine rings is 1. The molecule has 3 rings (SSSR count). The van der Waals surface area contributed by atoms with Gasteiger partial charge in [0.15, 0.2) is 0 Å². The predicted octanol–water partition coefficient (Wildman–Crippen LogP) is 2.31. The molecule has 1 N–H and O–H groups in total.